The van der Waals surface area contributed by atoms with E-state index in [1.165, 1.54) is 4.90 Å². The summed E-state index contributed by atoms with van der Waals surface area (Å²) in [6.07, 6.45) is 0.912. The molecular weight excluding hydrogens is 214 g/mol. The SMILES string of the molecule is CCN(C(=O)C(F)F)C1CCCCC1CN. The van der Waals surface area contributed by atoms with Gasteiger partial charge in [0.2, 0.25) is 0 Å². The van der Waals surface area contributed by atoms with Crippen LogP contribution in [0.4, 0.5) is 8.78 Å². The lowest BCUT2D eigenvalue weighted by atomic mass is 9.83. The summed E-state index contributed by atoms with van der Waals surface area (Å²) < 4.78 is 24.9. The van der Waals surface area contributed by atoms with Gasteiger partial charge >= 0.3 is 6.43 Å². The van der Waals surface area contributed by atoms with E-state index in [9.17, 15) is 13.6 Å². The Bertz CT molecular complexity index is 236. The van der Waals surface area contributed by atoms with Crippen molar-refractivity contribution in [3.8, 4) is 0 Å². The van der Waals surface area contributed by atoms with Gasteiger partial charge in [-0.1, -0.05) is 12.8 Å². The van der Waals surface area contributed by atoms with Gasteiger partial charge in [0.05, 0.1) is 0 Å². The predicted molar refractivity (Wildman–Crippen MR) is 58.2 cm³/mol. The molecule has 3 nitrogen and oxygen atoms in total. The summed E-state index contributed by atoms with van der Waals surface area (Å²) in [5.74, 6) is -0.871. The van der Waals surface area contributed by atoms with E-state index in [1.54, 1.807) is 6.92 Å². The molecule has 1 rings (SSSR count). The van der Waals surface area contributed by atoms with E-state index in [2.05, 4.69) is 0 Å². The van der Waals surface area contributed by atoms with E-state index >= 15 is 0 Å². The molecule has 94 valence electrons. The second-order valence-corrected chi connectivity index (χ2v) is 4.27. The summed E-state index contributed by atoms with van der Waals surface area (Å²) in [6, 6.07) is -0.0924. The Morgan fingerprint density at radius 2 is 2.06 bits per heavy atom. The van der Waals surface area contributed by atoms with E-state index < -0.39 is 12.3 Å². The molecule has 1 aliphatic rings. The number of halogens is 2. The third-order valence-electron chi connectivity index (χ3n) is 3.38. The quantitative estimate of drug-likeness (QED) is 0.803. The van der Waals surface area contributed by atoms with Crippen molar-refractivity contribution in [2.24, 2.45) is 11.7 Å². The molecule has 0 spiro atoms. The minimum absolute atomic E-state index is 0.0924. The third-order valence-corrected chi connectivity index (χ3v) is 3.38. The van der Waals surface area contributed by atoms with Gasteiger partial charge < -0.3 is 10.6 Å². The van der Waals surface area contributed by atoms with E-state index in [-0.39, 0.29) is 12.0 Å². The van der Waals surface area contributed by atoms with Crippen LogP contribution >= 0.6 is 0 Å². The number of alkyl halides is 2. The fourth-order valence-corrected chi connectivity index (χ4v) is 2.55. The monoisotopic (exact) mass is 234 g/mol. The first-order valence-corrected chi connectivity index (χ1v) is 5.90. The second-order valence-electron chi connectivity index (χ2n) is 4.27. The highest BCUT2D eigenvalue weighted by Crippen LogP contribution is 2.28. The number of rotatable bonds is 4. The van der Waals surface area contributed by atoms with Gasteiger partial charge in [0, 0.05) is 12.6 Å². The summed E-state index contributed by atoms with van der Waals surface area (Å²) in [7, 11) is 0. The molecule has 1 amide bonds. The van der Waals surface area contributed by atoms with Gasteiger partial charge in [-0.25, -0.2) is 0 Å². The number of carbonyl (C=O) groups is 1. The van der Waals surface area contributed by atoms with Crippen molar-refractivity contribution in [1.29, 1.82) is 0 Å². The molecule has 16 heavy (non-hydrogen) atoms. The Labute approximate surface area is 95.0 Å². The molecule has 0 heterocycles. The molecule has 0 aromatic carbocycles. The van der Waals surface area contributed by atoms with Crippen LogP contribution in [-0.2, 0) is 4.79 Å². The van der Waals surface area contributed by atoms with Gasteiger partial charge in [-0.15, -0.1) is 0 Å². The topological polar surface area (TPSA) is 46.3 Å². The van der Waals surface area contributed by atoms with Crippen LogP contribution in [0, 0.1) is 5.92 Å². The van der Waals surface area contributed by atoms with Crippen LogP contribution in [0.5, 0.6) is 0 Å². The van der Waals surface area contributed by atoms with Crippen LogP contribution < -0.4 is 5.73 Å². The van der Waals surface area contributed by atoms with Crippen molar-refractivity contribution in [2.75, 3.05) is 13.1 Å². The number of amides is 1. The zero-order chi connectivity index (χ0) is 12.1. The van der Waals surface area contributed by atoms with Crippen LogP contribution in [-0.4, -0.2) is 36.4 Å². The molecule has 0 aliphatic heterocycles. The molecule has 0 aromatic rings. The summed E-state index contributed by atoms with van der Waals surface area (Å²) in [4.78, 5) is 12.7. The molecule has 0 saturated heterocycles. The average molecular weight is 234 g/mol. The maximum atomic E-state index is 12.4. The highest BCUT2D eigenvalue weighted by atomic mass is 19.3. The summed E-state index contributed by atoms with van der Waals surface area (Å²) >= 11 is 0. The van der Waals surface area contributed by atoms with E-state index in [4.69, 9.17) is 5.73 Å². The molecule has 0 bridgehead atoms. The highest BCUT2D eigenvalue weighted by molar-refractivity contribution is 5.79. The summed E-state index contributed by atoms with van der Waals surface area (Å²) in [5, 5.41) is 0. The van der Waals surface area contributed by atoms with Gasteiger partial charge in [0.25, 0.3) is 5.91 Å². The second kappa shape index (κ2) is 6.13. The van der Waals surface area contributed by atoms with E-state index in [1.807, 2.05) is 0 Å². The number of carbonyl (C=O) groups excluding carboxylic acids is 1. The molecule has 0 radical (unpaired) electrons. The standard InChI is InChI=1S/C11H20F2N2O/c1-2-15(11(16)10(12)13)9-6-4-3-5-8(9)7-14/h8-10H,2-7,14H2,1H3. The average Bonchev–Trinajstić information content (AvgIpc) is 2.30. The fourth-order valence-electron chi connectivity index (χ4n) is 2.55. The molecule has 2 unspecified atom stereocenters. The maximum Gasteiger partial charge on any atom is 0.315 e. The van der Waals surface area contributed by atoms with Crippen LogP contribution in [0.3, 0.4) is 0 Å². The first kappa shape index (κ1) is 13.4. The summed E-state index contributed by atoms with van der Waals surface area (Å²) in [5.41, 5.74) is 5.64. The van der Waals surface area contributed by atoms with Crippen molar-refractivity contribution in [3.05, 3.63) is 0 Å². The van der Waals surface area contributed by atoms with Gasteiger partial charge in [-0.3, -0.25) is 4.79 Å². The lowest BCUT2D eigenvalue weighted by molar-refractivity contribution is -0.147. The van der Waals surface area contributed by atoms with Gasteiger partial charge in [-0.2, -0.15) is 8.78 Å². The first-order valence-electron chi connectivity index (χ1n) is 5.90. The minimum atomic E-state index is -2.90. The lowest BCUT2D eigenvalue weighted by Gasteiger charge is -2.39. The summed E-state index contributed by atoms with van der Waals surface area (Å²) in [6.45, 7) is 2.55. The van der Waals surface area contributed by atoms with E-state index in [0.717, 1.165) is 25.7 Å². The number of hydrogen-bond donors (Lipinski definition) is 1. The van der Waals surface area contributed by atoms with Crippen LogP contribution in [0.2, 0.25) is 0 Å². The lowest BCUT2D eigenvalue weighted by Crippen LogP contribution is -2.49. The Morgan fingerprint density at radius 1 is 1.44 bits per heavy atom. The Balaban J connectivity index is 2.73. The Hall–Kier alpha value is -0.710. The minimum Gasteiger partial charge on any atom is -0.335 e. The predicted octanol–water partition coefficient (Wildman–Crippen LogP) is 1.62. The number of hydrogen-bond acceptors (Lipinski definition) is 2. The normalized spacial score (nSPS) is 25.8. The number of nitrogens with two attached hydrogens (primary N) is 1. The van der Waals surface area contributed by atoms with Gasteiger partial charge in [-0.05, 0) is 32.2 Å². The van der Waals surface area contributed by atoms with Crippen LogP contribution in [0.25, 0.3) is 0 Å². The largest absolute Gasteiger partial charge is 0.335 e. The van der Waals surface area contributed by atoms with Crippen molar-refractivity contribution in [3.63, 3.8) is 0 Å². The first-order chi connectivity index (χ1) is 7.61. The van der Waals surface area contributed by atoms with Crippen molar-refractivity contribution >= 4 is 5.91 Å². The molecular formula is C11H20F2N2O. The van der Waals surface area contributed by atoms with Crippen LogP contribution in [0.15, 0.2) is 0 Å². The Morgan fingerprint density at radius 3 is 2.56 bits per heavy atom. The maximum absolute atomic E-state index is 12.4. The van der Waals surface area contributed by atoms with Crippen molar-refractivity contribution < 1.29 is 13.6 Å². The molecule has 1 fully saturated rings. The molecule has 1 saturated carbocycles. The zero-order valence-electron chi connectivity index (χ0n) is 9.66. The molecule has 2 N–H and O–H groups in total. The fraction of sp³-hybridized carbons (Fsp3) is 0.909. The number of nitrogens with zero attached hydrogens (tertiary/aromatic N) is 1. The highest BCUT2D eigenvalue weighted by Gasteiger charge is 2.34. The van der Waals surface area contributed by atoms with E-state index in [0.29, 0.717) is 13.1 Å². The Kier molecular flexibility index (Phi) is 5.12. The smallest absolute Gasteiger partial charge is 0.315 e. The zero-order valence-corrected chi connectivity index (χ0v) is 9.66. The van der Waals surface area contributed by atoms with Crippen molar-refractivity contribution in [1.82, 2.24) is 4.90 Å². The molecule has 1 aliphatic carbocycles. The molecule has 0 aromatic heterocycles. The van der Waals surface area contributed by atoms with Gasteiger partial charge in [0.1, 0.15) is 0 Å². The molecule has 2 atom stereocenters. The third kappa shape index (κ3) is 2.90. The molecule has 5 heteroatoms. The van der Waals surface area contributed by atoms with Gasteiger partial charge in [0.15, 0.2) is 0 Å². The van der Waals surface area contributed by atoms with Crippen molar-refractivity contribution in [2.45, 2.75) is 45.1 Å². The van der Waals surface area contributed by atoms with Crippen LogP contribution in [0.1, 0.15) is 32.6 Å².